The van der Waals surface area contributed by atoms with E-state index in [1.807, 2.05) is 0 Å². The highest BCUT2D eigenvalue weighted by Gasteiger charge is 2.25. The predicted octanol–water partition coefficient (Wildman–Crippen LogP) is 5.03. The summed E-state index contributed by atoms with van der Waals surface area (Å²) in [6, 6.07) is 7.60. The molecular formula is C30H22O17. The molecular weight excluding hydrogens is 632 g/mol. The summed E-state index contributed by atoms with van der Waals surface area (Å²) >= 11 is 0. The van der Waals surface area contributed by atoms with E-state index in [4.69, 9.17) is 18.9 Å². The van der Waals surface area contributed by atoms with Crippen molar-refractivity contribution in [1.29, 1.82) is 0 Å². The standard InChI is InChI=1S/C30H22O17/c31-10-1-18(36)28(19(37)2-10)45-13-5-16(34)25(41)22(8-13)47-23-9-17(35)26(42)27(43)30(23)46-12-6-20(38)29(21(39)7-12)44-11-3-14(32)24(40)15(33)4-11/h1-9,31-43H. The van der Waals surface area contributed by atoms with Crippen LogP contribution in [0, 0.1) is 0 Å². The van der Waals surface area contributed by atoms with Crippen molar-refractivity contribution in [2.24, 2.45) is 0 Å². The summed E-state index contributed by atoms with van der Waals surface area (Å²) in [6.45, 7) is 0. The van der Waals surface area contributed by atoms with E-state index in [1.54, 1.807) is 0 Å². The zero-order valence-corrected chi connectivity index (χ0v) is 23.1. The van der Waals surface area contributed by atoms with E-state index in [2.05, 4.69) is 0 Å². The van der Waals surface area contributed by atoms with Crippen LogP contribution in [0.25, 0.3) is 0 Å². The molecule has 0 saturated carbocycles. The van der Waals surface area contributed by atoms with E-state index in [1.165, 1.54) is 0 Å². The fourth-order valence-electron chi connectivity index (χ4n) is 4.02. The van der Waals surface area contributed by atoms with Crippen molar-refractivity contribution < 1.29 is 85.3 Å². The van der Waals surface area contributed by atoms with Gasteiger partial charge in [0.05, 0.1) is 0 Å². The van der Waals surface area contributed by atoms with Gasteiger partial charge in [0, 0.05) is 54.6 Å². The number of phenolic OH excluding ortho intramolecular Hbond substituents is 13. The minimum atomic E-state index is -1.13. The van der Waals surface area contributed by atoms with Crippen molar-refractivity contribution >= 4 is 0 Å². The van der Waals surface area contributed by atoms with E-state index in [9.17, 15) is 66.4 Å². The number of phenols is 13. The third kappa shape index (κ3) is 6.07. The number of rotatable bonds is 8. The molecule has 0 unspecified atom stereocenters. The summed E-state index contributed by atoms with van der Waals surface area (Å²) in [7, 11) is 0. The van der Waals surface area contributed by atoms with Crippen LogP contribution in [0.15, 0.2) is 54.6 Å². The van der Waals surface area contributed by atoms with Gasteiger partial charge in [0.25, 0.3) is 0 Å². The fraction of sp³-hybridized carbons (Fsp3) is 0. The van der Waals surface area contributed by atoms with E-state index < -0.39 is 109 Å². The lowest BCUT2D eigenvalue weighted by Gasteiger charge is -2.18. The fourth-order valence-corrected chi connectivity index (χ4v) is 4.02. The van der Waals surface area contributed by atoms with Crippen molar-refractivity contribution in [3.63, 3.8) is 0 Å². The van der Waals surface area contributed by atoms with Crippen LogP contribution >= 0.6 is 0 Å². The van der Waals surface area contributed by atoms with Crippen LogP contribution in [0.5, 0.6) is 121 Å². The Morgan fingerprint density at radius 2 is 0.660 bits per heavy atom. The highest BCUT2D eigenvalue weighted by molar-refractivity contribution is 5.68. The zero-order valence-electron chi connectivity index (χ0n) is 23.1. The molecule has 244 valence electrons. The van der Waals surface area contributed by atoms with Crippen molar-refractivity contribution in [2.75, 3.05) is 0 Å². The molecule has 0 saturated heterocycles. The topological polar surface area (TPSA) is 300 Å². The van der Waals surface area contributed by atoms with Gasteiger partial charge in [-0.1, -0.05) is 0 Å². The minimum Gasteiger partial charge on any atom is -0.508 e. The van der Waals surface area contributed by atoms with Gasteiger partial charge in [0.15, 0.2) is 57.5 Å². The molecule has 0 aliphatic heterocycles. The lowest BCUT2D eigenvalue weighted by Crippen LogP contribution is -1.94. The Hall–Kier alpha value is -7.30. The van der Waals surface area contributed by atoms with Crippen LogP contribution < -0.4 is 18.9 Å². The van der Waals surface area contributed by atoms with E-state index in [0.717, 1.165) is 48.5 Å². The molecule has 17 heteroatoms. The van der Waals surface area contributed by atoms with Gasteiger partial charge in [-0.05, 0) is 0 Å². The molecule has 0 bridgehead atoms. The van der Waals surface area contributed by atoms with Crippen LogP contribution in [-0.2, 0) is 0 Å². The van der Waals surface area contributed by atoms with E-state index in [-0.39, 0.29) is 11.5 Å². The predicted molar refractivity (Wildman–Crippen MR) is 154 cm³/mol. The van der Waals surface area contributed by atoms with Crippen molar-refractivity contribution in [3.8, 4) is 121 Å². The third-order valence-electron chi connectivity index (χ3n) is 6.18. The first-order chi connectivity index (χ1) is 22.1. The van der Waals surface area contributed by atoms with Gasteiger partial charge < -0.3 is 85.3 Å². The molecule has 0 heterocycles. The van der Waals surface area contributed by atoms with Crippen molar-refractivity contribution in [2.45, 2.75) is 0 Å². The quantitative estimate of drug-likeness (QED) is 0.0976. The molecule has 5 aromatic rings. The first kappa shape index (κ1) is 31.1. The Labute approximate surface area is 260 Å². The van der Waals surface area contributed by atoms with E-state index >= 15 is 0 Å². The molecule has 0 fully saturated rings. The average molecular weight is 654 g/mol. The second-order valence-corrected chi connectivity index (χ2v) is 9.53. The van der Waals surface area contributed by atoms with Gasteiger partial charge in [-0.2, -0.15) is 0 Å². The minimum absolute atomic E-state index is 0.320. The second kappa shape index (κ2) is 11.7. The summed E-state index contributed by atoms with van der Waals surface area (Å²) in [5.41, 5.74) is 0. The lowest BCUT2D eigenvalue weighted by molar-refractivity contribution is 0.325. The summed E-state index contributed by atoms with van der Waals surface area (Å²) in [5.74, 6) is -15.2. The molecule has 17 nitrogen and oxygen atoms in total. The van der Waals surface area contributed by atoms with Crippen LogP contribution in [0.3, 0.4) is 0 Å². The Balaban J connectivity index is 1.49. The van der Waals surface area contributed by atoms with Gasteiger partial charge in [0.2, 0.25) is 40.2 Å². The highest BCUT2D eigenvalue weighted by Crippen LogP contribution is 2.54. The van der Waals surface area contributed by atoms with Gasteiger partial charge in [-0.15, -0.1) is 0 Å². The Kier molecular flexibility index (Phi) is 7.72. The lowest BCUT2D eigenvalue weighted by atomic mass is 10.2. The molecule has 47 heavy (non-hydrogen) atoms. The zero-order chi connectivity index (χ0) is 34.3. The van der Waals surface area contributed by atoms with Crippen LogP contribution in [-0.4, -0.2) is 66.4 Å². The van der Waals surface area contributed by atoms with Crippen LogP contribution in [0.2, 0.25) is 0 Å². The Morgan fingerprint density at radius 1 is 0.277 bits per heavy atom. The maximum atomic E-state index is 10.6. The smallest absolute Gasteiger partial charge is 0.215 e. The number of benzene rings is 5. The molecule has 13 N–H and O–H groups in total. The Bertz CT molecular complexity index is 1970. The SMILES string of the molecule is Oc1cc(O)c(Oc2cc(O)c(O)c(Oc3cc(O)c(O)c(O)c3Oc3cc(O)c(Oc4cc(O)c(O)c(O)c4)c(O)c3)c2)c(O)c1. The summed E-state index contributed by atoms with van der Waals surface area (Å²) in [5, 5.41) is 131. The molecule has 5 rings (SSSR count). The molecule has 0 aliphatic carbocycles. The van der Waals surface area contributed by atoms with Crippen molar-refractivity contribution in [1.82, 2.24) is 0 Å². The summed E-state index contributed by atoms with van der Waals surface area (Å²) in [4.78, 5) is 0. The normalized spacial score (nSPS) is 10.8. The number of hydrogen-bond donors (Lipinski definition) is 13. The second-order valence-electron chi connectivity index (χ2n) is 9.53. The first-order valence-electron chi connectivity index (χ1n) is 12.7. The monoisotopic (exact) mass is 654 g/mol. The summed E-state index contributed by atoms with van der Waals surface area (Å²) in [6.07, 6.45) is 0. The molecule has 0 aliphatic rings. The molecule has 0 spiro atoms. The highest BCUT2D eigenvalue weighted by atomic mass is 16.5. The maximum absolute atomic E-state index is 10.6. The largest absolute Gasteiger partial charge is 0.508 e. The molecule has 0 atom stereocenters. The maximum Gasteiger partial charge on any atom is 0.215 e. The van der Waals surface area contributed by atoms with Crippen LogP contribution in [0.4, 0.5) is 0 Å². The van der Waals surface area contributed by atoms with E-state index in [0.29, 0.717) is 6.07 Å². The van der Waals surface area contributed by atoms with Crippen molar-refractivity contribution in [3.05, 3.63) is 54.6 Å². The summed E-state index contributed by atoms with van der Waals surface area (Å²) < 4.78 is 21.7. The number of hydrogen-bond acceptors (Lipinski definition) is 17. The first-order valence-corrected chi connectivity index (χ1v) is 12.7. The van der Waals surface area contributed by atoms with Gasteiger partial charge in [0.1, 0.15) is 23.0 Å². The molecule has 0 amide bonds. The number of aromatic hydroxyl groups is 13. The van der Waals surface area contributed by atoms with Gasteiger partial charge in [-0.25, -0.2) is 0 Å². The third-order valence-corrected chi connectivity index (χ3v) is 6.18. The molecule has 0 radical (unpaired) electrons. The Morgan fingerprint density at radius 3 is 1.17 bits per heavy atom. The molecule has 0 aromatic heterocycles. The average Bonchev–Trinajstić information content (AvgIpc) is 2.98. The van der Waals surface area contributed by atoms with Crippen LogP contribution in [0.1, 0.15) is 0 Å². The van der Waals surface area contributed by atoms with Gasteiger partial charge >= 0.3 is 0 Å². The van der Waals surface area contributed by atoms with Gasteiger partial charge in [-0.3, -0.25) is 0 Å². The molecule has 5 aromatic carbocycles. The number of ether oxygens (including phenoxy) is 4.